The molecule has 1 aromatic rings. The third-order valence-electron chi connectivity index (χ3n) is 3.58. The molecule has 0 aliphatic heterocycles. The Kier molecular flexibility index (Phi) is 6.74. The lowest BCUT2D eigenvalue weighted by Gasteiger charge is -2.26. The molecule has 0 aromatic heterocycles. The molecule has 0 saturated heterocycles. The molecule has 1 aromatic carbocycles. The van der Waals surface area contributed by atoms with Gasteiger partial charge in [-0.05, 0) is 31.9 Å². The van der Waals surface area contributed by atoms with Crippen LogP contribution in [0, 0.1) is 0 Å². The maximum Gasteiger partial charge on any atom is 0.179 e. The second-order valence-corrected chi connectivity index (χ2v) is 4.80. The number of Topliss-reactive ketones (excluding diaryl/α,β-unsaturated/α-hetero) is 1. The minimum Gasteiger partial charge on any atom is -0.396 e. The molecule has 1 atom stereocenters. The fourth-order valence-corrected chi connectivity index (χ4v) is 2.21. The maximum absolute atomic E-state index is 12.4. The Labute approximate surface area is 116 Å². The van der Waals surface area contributed by atoms with Gasteiger partial charge >= 0.3 is 0 Å². The van der Waals surface area contributed by atoms with Gasteiger partial charge < -0.3 is 5.11 Å². The molecule has 1 unspecified atom stereocenters. The van der Waals surface area contributed by atoms with Gasteiger partial charge in [0.05, 0.1) is 6.04 Å². The molecule has 0 radical (unpaired) electrons. The molecule has 0 heterocycles. The Morgan fingerprint density at radius 3 is 2.37 bits per heavy atom. The molecule has 1 N–H and O–H groups in total. The van der Waals surface area contributed by atoms with Crippen molar-refractivity contribution in [3.8, 4) is 0 Å². The number of nitrogens with zero attached hydrogens (tertiary/aromatic N) is 1. The average molecular weight is 263 g/mol. The second-order valence-electron chi connectivity index (χ2n) is 4.80. The van der Waals surface area contributed by atoms with Crippen molar-refractivity contribution in [1.82, 2.24) is 4.90 Å². The van der Waals surface area contributed by atoms with E-state index in [0.29, 0.717) is 6.42 Å². The summed E-state index contributed by atoms with van der Waals surface area (Å²) in [5, 5.41) is 8.89. The van der Waals surface area contributed by atoms with Crippen LogP contribution < -0.4 is 0 Å². The van der Waals surface area contributed by atoms with Crippen molar-refractivity contribution in [2.45, 2.75) is 39.7 Å². The molecule has 3 nitrogen and oxygen atoms in total. The minimum absolute atomic E-state index is 0.135. The Hall–Kier alpha value is -1.19. The maximum atomic E-state index is 12.4. The van der Waals surface area contributed by atoms with E-state index in [1.165, 1.54) is 5.56 Å². The Morgan fingerprint density at radius 1 is 1.26 bits per heavy atom. The normalized spacial score (nSPS) is 12.7. The Balaban J connectivity index is 2.73. The summed E-state index contributed by atoms with van der Waals surface area (Å²) >= 11 is 0. The van der Waals surface area contributed by atoms with Crippen molar-refractivity contribution in [3.63, 3.8) is 0 Å². The van der Waals surface area contributed by atoms with Crippen LogP contribution in [0.5, 0.6) is 0 Å². The highest BCUT2D eigenvalue weighted by Gasteiger charge is 2.20. The predicted octanol–water partition coefficient (Wildman–Crippen LogP) is 2.52. The molecular weight excluding hydrogens is 238 g/mol. The zero-order chi connectivity index (χ0) is 14.3. The van der Waals surface area contributed by atoms with Gasteiger partial charge in [0.15, 0.2) is 5.78 Å². The molecule has 3 heteroatoms. The van der Waals surface area contributed by atoms with Crippen LogP contribution in [-0.4, -0.2) is 41.5 Å². The molecule has 0 saturated carbocycles. The van der Waals surface area contributed by atoms with Crippen molar-refractivity contribution in [3.05, 3.63) is 35.4 Å². The van der Waals surface area contributed by atoms with Crippen molar-refractivity contribution in [1.29, 1.82) is 0 Å². The van der Waals surface area contributed by atoms with Crippen LogP contribution in [0.1, 0.15) is 43.1 Å². The van der Waals surface area contributed by atoms with E-state index < -0.39 is 0 Å². The lowest BCUT2D eigenvalue weighted by atomic mass is 10.0. The van der Waals surface area contributed by atoms with E-state index in [1.807, 2.05) is 38.1 Å². The smallest absolute Gasteiger partial charge is 0.179 e. The van der Waals surface area contributed by atoms with Crippen molar-refractivity contribution < 1.29 is 9.90 Å². The first kappa shape index (κ1) is 15.9. The minimum atomic E-state index is -0.135. The van der Waals surface area contributed by atoms with Crippen molar-refractivity contribution in [2.75, 3.05) is 19.7 Å². The van der Waals surface area contributed by atoms with Gasteiger partial charge in [-0.15, -0.1) is 0 Å². The van der Waals surface area contributed by atoms with Gasteiger partial charge in [0.1, 0.15) is 0 Å². The standard InChI is InChI=1S/C16H25NO2/c1-4-14-7-9-15(10-8-14)16(19)13(3)17(5-2)11-6-12-18/h7-10,13,18H,4-6,11-12H2,1-3H3. The molecule has 1 rings (SSSR count). The summed E-state index contributed by atoms with van der Waals surface area (Å²) in [6.07, 6.45) is 1.70. The largest absolute Gasteiger partial charge is 0.396 e. The summed E-state index contributed by atoms with van der Waals surface area (Å²) < 4.78 is 0. The van der Waals surface area contributed by atoms with Crippen LogP contribution in [0.15, 0.2) is 24.3 Å². The van der Waals surface area contributed by atoms with Gasteiger partial charge in [-0.1, -0.05) is 38.1 Å². The highest BCUT2D eigenvalue weighted by molar-refractivity contribution is 5.99. The van der Waals surface area contributed by atoms with Crippen LogP contribution >= 0.6 is 0 Å². The van der Waals surface area contributed by atoms with Crippen molar-refractivity contribution >= 4 is 5.78 Å². The summed E-state index contributed by atoms with van der Waals surface area (Å²) in [7, 11) is 0. The number of carbonyl (C=O) groups is 1. The third kappa shape index (κ3) is 4.44. The number of rotatable bonds is 8. The number of hydrogen-bond acceptors (Lipinski definition) is 3. The monoisotopic (exact) mass is 263 g/mol. The van der Waals surface area contributed by atoms with Gasteiger partial charge in [0.25, 0.3) is 0 Å². The number of aliphatic hydroxyl groups is 1. The van der Waals surface area contributed by atoms with Gasteiger partial charge in [0.2, 0.25) is 0 Å². The number of carbonyl (C=O) groups excluding carboxylic acids is 1. The van der Waals surface area contributed by atoms with E-state index in [0.717, 1.165) is 25.1 Å². The highest BCUT2D eigenvalue weighted by Crippen LogP contribution is 2.11. The number of aryl methyl sites for hydroxylation is 1. The fourth-order valence-electron chi connectivity index (χ4n) is 2.21. The van der Waals surface area contributed by atoms with E-state index in [-0.39, 0.29) is 18.4 Å². The molecular formula is C16H25NO2. The molecule has 0 amide bonds. The summed E-state index contributed by atoms with van der Waals surface area (Å²) in [4.78, 5) is 14.5. The molecule has 106 valence electrons. The number of hydrogen-bond donors (Lipinski definition) is 1. The van der Waals surface area contributed by atoms with Gasteiger partial charge in [-0.25, -0.2) is 0 Å². The van der Waals surface area contributed by atoms with Crippen LogP contribution in [0.3, 0.4) is 0 Å². The first-order valence-electron chi connectivity index (χ1n) is 7.12. The van der Waals surface area contributed by atoms with E-state index in [2.05, 4.69) is 11.8 Å². The molecule has 0 spiro atoms. The molecule has 0 fully saturated rings. The summed E-state index contributed by atoms with van der Waals surface area (Å²) in [6, 6.07) is 7.73. The fraction of sp³-hybridized carbons (Fsp3) is 0.562. The zero-order valence-corrected chi connectivity index (χ0v) is 12.2. The van der Waals surface area contributed by atoms with Gasteiger partial charge in [0, 0.05) is 18.7 Å². The van der Waals surface area contributed by atoms with Crippen LogP contribution in [0.4, 0.5) is 0 Å². The first-order chi connectivity index (χ1) is 9.13. The average Bonchev–Trinajstić information content (AvgIpc) is 2.47. The van der Waals surface area contributed by atoms with Crippen LogP contribution in [0.2, 0.25) is 0 Å². The van der Waals surface area contributed by atoms with E-state index in [9.17, 15) is 4.79 Å². The molecule has 0 aliphatic rings. The van der Waals surface area contributed by atoms with Crippen LogP contribution in [-0.2, 0) is 6.42 Å². The lowest BCUT2D eigenvalue weighted by molar-refractivity contribution is 0.0834. The SMILES string of the molecule is CCc1ccc(C(=O)C(C)N(CC)CCCO)cc1. The van der Waals surface area contributed by atoms with Crippen molar-refractivity contribution in [2.24, 2.45) is 0 Å². The molecule has 0 aliphatic carbocycles. The van der Waals surface area contributed by atoms with E-state index in [1.54, 1.807) is 0 Å². The predicted molar refractivity (Wildman–Crippen MR) is 78.6 cm³/mol. The number of aliphatic hydroxyl groups excluding tert-OH is 1. The summed E-state index contributed by atoms with van der Waals surface area (Å²) in [5.74, 6) is 0.155. The summed E-state index contributed by atoms with van der Waals surface area (Å²) in [6.45, 7) is 7.83. The van der Waals surface area contributed by atoms with Gasteiger partial charge in [-0.2, -0.15) is 0 Å². The Bertz CT molecular complexity index is 386. The topological polar surface area (TPSA) is 40.5 Å². The van der Waals surface area contributed by atoms with E-state index in [4.69, 9.17) is 5.11 Å². The molecule has 19 heavy (non-hydrogen) atoms. The number of ketones is 1. The highest BCUT2D eigenvalue weighted by atomic mass is 16.3. The lowest BCUT2D eigenvalue weighted by Crippen LogP contribution is -2.39. The first-order valence-corrected chi connectivity index (χ1v) is 7.12. The van der Waals surface area contributed by atoms with Gasteiger partial charge in [-0.3, -0.25) is 9.69 Å². The number of likely N-dealkylation sites (N-methyl/N-ethyl adjacent to an activating group) is 1. The molecule has 0 bridgehead atoms. The van der Waals surface area contributed by atoms with Crippen LogP contribution in [0.25, 0.3) is 0 Å². The van der Waals surface area contributed by atoms with E-state index >= 15 is 0 Å². The number of benzene rings is 1. The Morgan fingerprint density at radius 2 is 1.89 bits per heavy atom. The summed E-state index contributed by atoms with van der Waals surface area (Å²) in [5.41, 5.74) is 2.02. The quantitative estimate of drug-likeness (QED) is 0.733. The second kappa shape index (κ2) is 8.08. The zero-order valence-electron chi connectivity index (χ0n) is 12.2. The third-order valence-corrected chi connectivity index (χ3v) is 3.58.